The second kappa shape index (κ2) is 5.10. The average molecular weight is 370 g/mol. The van der Waals surface area contributed by atoms with Crippen molar-refractivity contribution in [2.75, 3.05) is 7.05 Å². The normalized spacial score (nSPS) is 55.9. The van der Waals surface area contributed by atoms with Crippen LogP contribution in [-0.2, 0) is 4.79 Å². The van der Waals surface area contributed by atoms with Gasteiger partial charge in [-0.25, -0.2) is 0 Å². The molecule has 4 fully saturated rings. The van der Waals surface area contributed by atoms with Crippen molar-refractivity contribution in [3.63, 3.8) is 0 Å². The van der Waals surface area contributed by atoms with Crippen LogP contribution in [0.4, 0.5) is 0 Å². The molecule has 4 saturated carbocycles. The Balaban J connectivity index is 1.55. The summed E-state index contributed by atoms with van der Waals surface area (Å²) in [4.78, 5) is 12.6. The van der Waals surface area contributed by atoms with E-state index >= 15 is 0 Å². The van der Waals surface area contributed by atoms with Gasteiger partial charge in [0.2, 0.25) is 0 Å². The zero-order valence-corrected chi connectivity index (χ0v) is 18.3. The summed E-state index contributed by atoms with van der Waals surface area (Å²) in [5.41, 5.74) is 1.60. The molecule has 0 aromatic carbocycles. The standard InChI is InChI=1S/C25H39NO/c1-16(26-6)17-9-11-23(5)19-8-7-18-21(2,3)20(27)10-12-24(18)15-25(19,24)14-13-22(17,23)4/h10,12,16-19,26H,7-9,11,13-15H2,1-6H3/t16-,17-,18+,19+,22-,23+,24+,25+/m1/s1. The summed E-state index contributed by atoms with van der Waals surface area (Å²) in [5.74, 6) is 2.59. The van der Waals surface area contributed by atoms with Gasteiger partial charge in [0, 0.05) is 11.5 Å². The van der Waals surface area contributed by atoms with E-state index < -0.39 is 0 Å². The molecular formula is C25H39NO. The first-order chi connectivity index (χ1) is 12.6. The molecule has 0 unspecified atom stereocenters. The number of fused-ring (bicyclic) bond motifs is 2. The minimum absolute atomic E-state index is 0.163. The van der Waals surface area contributed by atoms with E-state index in [9.17, 15) is 4.79 Å². The first kappa shape index (κ1) is 18.4. The van der Waals surface area contributed by atoms with Crippen LogP contribution < -0.4 is 5.32 Å². The molecular weight excluding hydrogens is 330 g/mol. The maximum absolute atomic E-state index is 12.6. The fraction of sp³-hybridized carbons (Fsp3) is 0.880. The lowest BCUT2D eigenvalue weighted by Crippen LogP contribution is -2.57. The van der Waals surface area contributed by atoms with Gasteiger partial charge in [0.25, 0.3) is 0 Å². The van der Waals surface area contributed by atoms with E-state index in [1.807, 2.05) is 6.08 Å². The minimum Gasteiger partial charge on any atom is -0.317 e. The summed E-state index contributed by atoms with van der Waals surface area (Å²) in [6, 6.07) is 0.613. The van der Waals surface area contributed by atoms with Crippen LogP contribution in [0.2, 0.25) is 0 Å². The fourth-order valence-corrected chi connectivity index (χ4v) is 9.66. The van der Waals surface area contributed by atoms with Crippen LogP contribution in [0.3, 0.4) is 0 Å². The topological polar surface area (TPSA) is 29.1 Å². The van der Waals surface area contributed by atoms with E-state index in [1.165, 1.54) is 44.9 Å². The lowest BCUT2D eigenvalue weighted by Gasteiger charge is -2.62. The van der Waals surface area contributed by atoms with Gasteiger partial charge < -0.3 is 5.32 Å². The highest BCUT2D eigenvalue weighted by atomic mass is 16.1. The second-order valence-corrected chi connectivity index (χ2v) is 12.0. The van der Waals surface area contributed by atoms with Crippen molar-refractivity contribution < 1.29 is 4.79 Å². The number of carbonyl (C=O) groups excluding carboxylic acids is 1. The molecule has 0 radical (unpaired) electrons. The number of hydrogen-bond acceptors (Lipinski definition) is 2. The molecule has 0 aromatic heterocycles. The number of nitrogens with one attached hydrogen (secondary N) is 1. The van der Waals surface area contributed by atoms with Gasteiger partial charge in [0.15, 0.2) is 5.78 Å². The Kier molecular flexibility index (Phi) is 3.47. The van der Waals surface area contributed by atoms with Crippen LogP contribution in [0.1, 0.15) is 79.6 Å². The second-order valence-electron chi connectivity index (χ2n) is 12.0. The summed E-state index contributed by atoms with van der Waals surface area (Å²) in [6.45, 7) is 12.2. The Hall–Kier alpha value is -0.630. The monoisotopic (exact) mass is 369 g/mol. The Morgan fingerprint density at radius 3 is 2.41 bits per heavy atom. The largest absolute Gasteiger partial charge is 0.317 e. The number of allylic oxidation sites excluding steroid dienone is 2. The molecule has 5 aliphatic carbocycles. The molecule has 8 atom stereocenters. The maximum atomic E-state index is 12.6. The van der Waals surface area contributed by atoms with Gasteiger partial charge in [-0.2, -0.15) is 0 Å². The maximum Gasteiger partial charge on any atom is 0.161 e. The summed E-state index contributed by atoms with van der Waals surface area (Å²) in [7, 11) is 2.14. The van der Waals surface area contributed by atoms with Crippen molar-refractivity contribution in [1.29, 1.82) is 0 Å². The third-order valence-electron chi connectivity index (χ3n) is 11.5. The Morgan fingerprint density at radius 1 is 1.00 bits per heavy atom. The van der Waals surface area contributed by atoms with E-state index in [4.69, 9.17) is 0 Å². The summed E-state index contributed by atoms with van der Waals surface area (Å²) < 4.78 is 0. The van der Waals surface area contributed by atoms with Crippen molar-refractivity contribution >= 4 is 5.78 Å². The van der Waals surface area contributed by atoms with Crippen LogP contribution in [-0.4, -0.2) is 18.9 Å². The predicted molar refractivity (Wildman–Crippen MR) is 110 cm³/mol. The van der Waals surface area contributed by atoms with Crippen molar-refractivity contribution in [3.8, 4) is 0 Å². The van der Waals surface area contributed by atoms with Gasteiger partial charge in [-0.1, -0.05) is 33.8 Å². The molecule has 0 heterocycles. The fourth-order valence-electron chi connectivity index (χ4n) is 9.66. The van der Waals surface area contributed by atoms with Gasteiger partial charge in [0.05, 0.1) is 0 Å². The highest BCUT2D eigenvalue weighted by molar-refractivity contribution is 5.96. The van der Waals surface area contributed by atoms with E-state index in [0.29, 0.717) is 39.4 Å². The first-order valence-corrected chi connectivity index (χ1v) is 11.5. The number of carbonyl (C=O) groups is 1. The molecule has 0 saturated heterocycles. The van der Waals surface area contributed by atoms with Crippen LogP contribution in [0.5, 0.6) is 0 Å². The lowest BCUT2D eigenvalue weighted by atomic mass is 9.42. The molecule has 0 bridgehead atoms. The molecule has 2 heteroatoms. The summed E-state index contributed by atoms with van der Waals surface area (Å²) >= 11 is 0. The number of ketones is 1. The van der Waals surface area contributed by atoms with Crippen molar-refractivity contribution in [3.05, 3.63) is 12.2 Å². The molecule has 0 amide bonds. The minimum atomic E-state index is -0.163. The smallest absolute Gasteiger partial charge is 0.161 e. The van der Waals surface area contributed by atoms with Crippen molar-refractivity contribution in [2.24, 2.45) is 44.8 Å². The molecule has 27 heavy (non-hydrogen) atoms. The molecule has 2 spiro atoms. The molecule has 0 aromatic rings. The number of hydrogen-bond donors (Lipinski definition) is 1. The molecule has 150 valence electrons. The lowest BCUT2D eigenvalue weighted by molar-refractivity contribution is -0.140. The van der Waals surface area contributed by atoms with Crippen LogP contribution >= 0.6 is 0 Å². The van der Waals surface area contributed by atoms with Gasteiger partial charge in [-0.15, -0.1) is 0 Å². The van der Waals surface area contributed by atoms with Gasteiger partial charge in [-0.3, -0.25) is 4.79 Å². The zero-order valence-electron chi connectivity index (χ0n) is 18.3. The van der Waals surface area contributed by atoms with Gasteiger partial charge >= 0.3 is 0 Å². The number of rotatable bonds is 2. The average Bonchev–Trinajstić information content (AvgIpc) is 3.21. The highest BCUT2D eigenvalue weighted by Crippen LogP contribution is 2.87. The van der Waals surface area contributed by atoms with Gasteiger partial charge in [0.1, 0.15) is 0 Å². The molecule has 2 nitrogen and oxygen atoms in total. The van der Waals surface area contributed by atoms with Crippen LogP contribution in [0.15, 0.2) is 12.2 Å². The third-order valence-corrected chi connectivity index (χ3v) is 11.5. The van der Waals surface area contributed by atoms with E-state index in [-0.39, 0.29) is 5.41 Å². The zero-order chi connectivity index (χ0) is 19.5. The van der Waals surface area contributed by atoms with E-state index in [0.717, 1.165) is 11.8 Å². The SMILES string of the molecule is CN[C@H](C)[C@H]1CC[C@@]2(C)[C@@H]3CC[C@H]4C(C)(C)C(=O)C=C[C@]45C[C@@]35CC[C@]12C. The molecule has 0 aliphatic heterocycles. The molecule has 5 aliphatic rings. The quantitative estimate of drug-likeness (QED) is 0.708. The summed E-state index contributed by atoms with van der Waals surface area (Å²) in [5, 5.41) is 3.59. The Bertz CT molecular complexity index is 724. The summed E-state index contributed by atoms with van der Waals surface area (Å²) in [6.07, 6.45) is 13.9. The van der Waals surface area contributed by atoms with Crippen molar-refractivity contribution in [2.45, 2.75) is 85.6 Å². The van der Waals surface area contributed by atoms with Crippen LogP contribution in [0.25, 0.3) is 0 Å². The van der Waals surface area contributed by atoms with Crippen LogP contribution in [0, 0.1) is 44.8 Å². The Morgan fingerprint density at radius 2 is 1.70 bits per heavy atom. The highest BCUT2D eigenvalue weighted by Gasteiger charge is 2.81. The van der Waals surface area contributed by atoms with E-state index in [1.54, 1.807) is 0 Å². The Labute approximate surface area is 165 Å². The van der Waals surface area contributed by atoms with E-state index in [2.05, 4.69) is 53.1 Å². The predicted octanol–water partition coefficient (Wildman–Crippen LogP) is 5.38. The first-order valence-electron chi connectivity index (χ1n) is 11.5. The molecule has 5 rings (SSSR count). The molecule has 1 N–H and O–H groups in total. The van der Waals surface area contributed by atoms with Gasteiger partial charge in [-0.05, 0) is 104 Å². The third kappa shape index (κ3) is 1.82. The van der Waals surface area contributed by atoms with Crippen molar-refractivity contribution in [1.82, 2.24) is 5.32 Å².